The Morgan fingerprint density at radius 3 is 1.85 bits per heavy atom. The van der Waals surface area contributed by atoms with Gasteiger partial charge in [0.15, 0.2) is 0 Å². The fourth-order valence-electron chi connectivity index (χ4n) is 1.43. The molecule has 0 spiro atoms. The van der Waals surface area contributed by atoms with E-state index in [9.17, 15) is 5.11 Å². The third-order valence-corrected chi connectivity index (χ3v) is 2.20. The molecule has 2 nitrogen and oxygen atoms in total. The molecule has 1 rings (SSSR count). The lowest BCUT2D eigenvalue weighted by atomic mass is 9.99. The summed E-state index contributed by atoms with van der Waals surface area (Å²) >= 11 is 0. The molecule has 78 valence electrons. The molecule has 1 fully saturated rings. The topological polar surface area (TPSA) is 40.5 Å². The number of rotatable bonds is 1. The van der Waals surface area contributed by atoms with Crippen molar-refractivity contribution in [2.75, 3.05) is 6.61 Å². The van der Waals surface area contributed by atoms with Crippen LogP contribution >= 0.6 is 0 Å². The van der Waals surface area contributed by atoms with E-state index >= 15 is 0 Å². The zero-order chi connectivity index (χ0) is 9.94. The lowest BCUT2D eigenvalue weighted by Crippen LogP contribution is -2.07. The van der Waals surface area contributed by atoms with Crippen molar-refractivity contribution in [1.29, 1.82) is 0 Å². The summed E-state index contributed by atoms with van der Waals surface area (Å²) in [6, 6.07) is 0. The van der Waals surface area contributed by atoms with Crippen molar-refractivity contribution >= 4 is 0 Å². The quantitative estimate of drug-likeness (QED) is 0.617. The molecule has 2 heteroatoms. The zero-order valence-electron chi connectivity index (χ0n) is 8.41. The van der Waals surface area contributed by atoms with Gasteiger partial charge in [0.1, 0.15) is 0 Å². The van der Waals surface area contributed by atoms with Gasteiger partial charge in [0.2, 0.25) is 0 Å². The molecule has 1 saturated carbocycles. The molecule has 0 radical (unpaired) electrons. The van der Waals surface area contributed by atoms with Crippen LogP contribution in [0.15, 0.2) is 12.7 Å². The molecule has 0 aromatic rings. The van der Waals surface area contributed by atoms with Gasteiger partial charge in [0, 0.05) is 0 Å². The average molecular weight is 186 g/mol. The zero-order valence-corrected chi connectivity index (χ0v) is 8.41. The maximum Gasteiger partial charge on any atom is 0.0609 e. The molecule has 0 unspecified atom stereocenters. The van der Waals surface area contributed by atoms with E-state index < -0.39 is 0 Å². The van der Waals surface area contributed by atoms with Crippen molar-refractivity contribution in [2.45, 2.75) is 51.0 Å². The normalized spacial score (nSPS) is 19.2. The highest BCUT2D eigenvalue weighted by molar-refractivity contribution is 4.61. The second kappa shape index (κ2) is 9.75. The summed E-state index contributed by atoms with van der Waals surface area (Å²) in [6.07, 6.45) is 10.0. The van der Waals surface area contributed by atoms with Gasteiger partial charge in [-0.2, -0.15) is 0 Å². The van der Waals surface area contributed by atoms with E-state index in [1.807, 2.05) is 0 Å². The summed E-state index contributed by atoms with van der Waals surface area (Å²) in [5.41, 5.74) is 0. The standard InChI is InChI=1S/C8H16O.C3H6O/c9-8-6-4-2-1-3-5-7-8;1-2-3-4/h8-9H,1-7H2;2,4H,1,3H2. The first-order valence-electron chi connectivity index (χ1n) is 5.21. The summed E-state index contributed by atoms with van der Waals surface area (Å²) in [5.74, 6) is 0. The third kappa shape index (κ3) is 9.57. The van der Waals surface area contributed by atoms with Crippen molar-refractivity contribution in [3.8, 4) is 0 Å². The Morgan fingerprint density at radius 2 is 1.46 bits per heavy atom. The third-order valence-electron chi connectivity index (χ3n) is 2.20. The largest absolute Gasteiger partial charge is 0.393 e. The monoisotopic (exact) mass is 186 g/mol. The second-order valence-electron chi connectivity index (χ2n) is 3.47. The first-order valence-corrected chi connectivity index (χ1v) is 5.21. The van der Waals surface area contributed by atoms with Gasteiger partial charge < -0.3 is 10.2 Å². The van der Waals surface area contributed by atoms with Crippen LogP contribution in [-0.4, -0.2) is 22.9 Å². The molecule has 13 heavy (non-hydrogen) atoms. The molecule has 0 heterocycles. The van der Waals surface area contributed by atoms with Gasteiger partial charge >= 0.3 is 0 Å². The van der Waals surface area contributed by atoms with E-state index in [1.165, 1.54) is 38.2 Å². The van der Waals surface area contributed by atoms with E-state index in [4.69, 9.17) is 5.11 Å². The van der Waals surface area contributed by atoms with E-state index in [0.29, 0.717) is 0 Å². The minimum Gasteiger partial charge on any atom is -0.393 e. The molecule has 0 bridgehead atoms. The second-order valence-corrected chi connectivity index (χ2v) is 3.47. The van der Waals surface area contributed by atoms with Crippen molar-refractivity contribution in [1.82, 2.24) is 0 Å². The van der Waals surface area contributed by atoms with Crippen LogP contribution in [0.4, 0.5) is 0 Å². The van der Waals surface area contributed by atoms with Crippen LogP contribution in [0.5, 0.6) is 0 Å². The lowest BCUT2D eigenvalue weighted by Gasteiger charge is -2.13. The SMILES string of the molecule is C=CCO.OC1CCCCCCC1. The minimum absolute atomic E-state index is 0.0188. The first-order chi connectivity index (χ1) is 6.31. The Hall–Kier alpha value is -0.340. The lowest BCUT2D eigenvalue weighted by molar-refractivity contribution is 0.141. The summed E-state index contributed by atoms with van der Waals surface area (Å²) < 4.78 is 0. The molecule has 0 amide bonds. The van der Waals surface area contributed by atoms with Gasteiger partial charge in [-0.1, -0.05) is 38.2 Å². The van der Waals surface area contributed by atoms with Crippen molar-refractivity contribution in [3.63, 3.8) is 0 Å². The molecule has 2 N–H and O–H groups in total. The Labute approximate surface area is 81.3 Å². The molecule has 0 aromatic carbocycles. The van der Waals surface area contributed by atoms with E-state index in [-0.39, 0.29) is 12.7 Å². The van der Waals surface area contributed by atoms with E-state index in [0.717, 1.165) is 12.8 Å². The summed E-state index contributed by atoms with van der Waals surface area (Å²) in [4.78, 5) is 0. The van der Waals surface area contributed by atoms with Crippen LogP contribution in [0, 0.1) is 0 Å². The molecular formula is C11H22O2. The predicted molar refractivity (Wildman–Crippen MR) is 55.6 cm³/mol. The van der Waals surface area contributed by atoms with Crippen LogP contribution in [0.1, 0.15) is 44.9 Å². The van der Waals surface area contributed by atoms with Crippen LogP contribution in [0.2, 0.25) is 0 Å². The molecule has 0 saturated heterocycles. The van der Waals surface area contributed by atoms with Gasteiger partial charge in [-0.15, -0.1) is 6.58 Å². The van der Waals surface area contributed by atoms with Crippen LogP contribution in [-0.2, 0) is 0 Å². The highest BCUT2D eigenvalue weighted by atomic mass is 16.3. The smallest absolute Gasteiger partial charge is 0.0609 e. The van der Waals surface area contributed by atoms with Gasteiger partial charge in [0.25, 0.3) is 0 Å². The molecule has 0 aromatic heterocycles. The highest BCUT2D eigenvalue weighted by Crippen LogP contribution is 2.16. The van der Waals surface area contributed by atoms with Crippen LogP contribution in [0.25, 0.3) is 0 Å². The summed E-state index contributed by atoms with van der Waals surface area (Å²) in [7, 11) is 0. The Kier molecular flexibility index (Phi) is 9.49. The first kappa shape index (κ1) is 12.7. The number of aliphatic hydroxyl groups is 2. The molecule has 1 aliphatic carbocycles. The maximum atomic E-state index is 9.21. The number of hydrogen-bond donors (Lipinski definition) is 2. The van der Waals surface area contributed by atoms with Gasteiger partial charge in [-0.3, -0.25) is 0 Å². The predicted octanol–water partition coefficient (Wildman–Crippen LogP) is 2.26. The number of hydrogen-bond acceptors (Lipinski definition) is 2. The van der Waals surface area contributed by atoms with Crippen LogP contribution < -0.4 is 0 Å². The minimum atomic E-state index is 0.0188. The van der Waals surface area contributed by atoms with Crippen LogP contribution in [0.3, 0.4) is 0 Å². The molecule has 1 aliphatic rings. The number of aliphatic hydroxyl groups excluding tert-OH is 2. The maximum absolute atomic E-state index is 9.21. The summed E-state index contributed by atoms with van der Waals surface area (Å²) in [5, 5.41) is 17.0. The van der Waals surface area contributed by atoms with Crippen molar-refractivity contribution in [2.24, 2.45) is 0 Å². The van der Waals surface area contributed by atoms with Gasteiger partial charge in [0.05, 0.1) is 12.7 Å². The van der Waals surface area contributed by atoms with Crippen molar-refractivity contribution < 1.29 is 10.2 Å². The molecule has 0 aliphatic heterocycles. The van der Waals surface area contributed by atoms with E-state index in [2.05, 4.69) is 6.58 Å². The average Bonchev–Trinajstić information content (AvgIpc) is 2.12. The van der Waals surface area contributed by atoms with Crippen molar-refractivity contribution in [3.05, 3.63) is 12.7 Å². The summed E-state index contributed by atoms with van der Waals surface area (Å²) in [6.45, 7) is 3.31. The fourth-order valence-corrected chi connectivity index (χ4v) is 1.43. The van der Waals surface area contributed by atoms with Gasteiger partial charge in [-0.25, -0.2) is 0 Å². The Balaban J connectivity index is 0.000000310. The Bertz CT molecular complexity index is 105. The molecule has 0 atom stereocenters. The van der Waals surface area contributed by atoms with Gasteiger partial charge in [-0.05, 0) is 12.8 Å². The Morgan fingerprint density at radius 1 is 1.08 bits per heavy atom. The molecular weight excluding hydrogens is 164 g/mol. The van der Waals surface area contributed by atoms with E-state index in [1.54, 1.807) is 0 Å². The highest BCUT2D eigenvalue weighted by Gasteiger charge is 2.05. The fraction of sp³-hybridized carbons (Fsp3) is 0.818.